The molecule has 0 rings (SSSR count). The van der Waals surface area contributed by atoms with Crippen molar-refractivity contribution in [2.75, 3.05) is 0 Å². The molecule has 0 fully saturated rings. The molecular formula is C9H10O2S. The van der Waals surface area contributed by atoms with Crippen LogP contribution >= 0.6 is 0 Å². The molecule has 0 unspecified atom stereocenters. The summed E-state index contributed by atoms with van der Waals surface area (Å²) in [5.41, 5.74) is 4.91. The van der Waals surface area contributed by atoms with Crippen LogP contribution in [0.3, 0.4) is 0 Å². The van der Waals surface area contributed by atoms with Gasteiger partial charge in [0.1, 0.15) is 0 Å². The molecule has 0 aromatic carbocycles. The highest BCUT2D eigenvalue weighted by molar-refractivity contribution is 7.97. The van der Waals surface area contributed by atoms with Gasteiger partial charge in [0.05, 0.1) is 10.8 Å². The number of sulfone groups is 1. The lowest BCUT2D eigenvalue weighted by molar-refractivity contribution is 0.612. The molecule has 0 aliphatic carbocycles. The van der Waals surface area contributed by atoms with Gasteiger partial charge in [-0.25, -0.2) is 8.42 Å². The summed E-state index contributed by atoms with van der Waals surface area (Å²) in [6, 6.07) is 0. The summed E-state index contributed by atoms with van der Waals surface area (Å²) in [4.78, 5) is 0. The molecule has 0 radical (unpaired) electrons. The zero-order valence-corrected chi connectivity index (χ0v) is 7.64. The summed E-state index contributed by atoms with van der Waals surface area (Å²) in [7, 11) is -3.30. The van der Waals surface area contributed by atoms with Gasteiger partial charge in [0.2, 0.25) is 9.84 Å². The Kier molecular flexibility index (Phi) is 4.82. The van der Waals surface area contributed by atoms with Gasteiger partial charge in [0, 0.05) is 0 Å². The van der Waals surface area contributed by atoms with E-state index in [0.717, 1.165) is 10.8 Å². The molecule has 0 aliphatic rings. The van der Waals surface area contributed by atoms with Gasteiger partial charge >= 0.3 is 0 Å². The minimum Gasteiger partial charge on any atom is -0.218 e. The first-order valence-electron chi connectivity index (χ1n) is 3.28. The first-order chi connectivity index (χ1) is 5.62. The van der Waals surface area contributed by atoms with Crippen LogP contribution < -0.4 is 0 Å². The zero-order valence-electron chi connectivity index (χ0n) is 6.82. The molecule has 0 aromatic rings. The van der Waals surface area contributed by atoms with Crippen molar-refractivity contribution >= 4 is 9.84 Å². The average molecular weight is 182 g/mol. The molecule has 0 saturated carbocycles. The van der Waals surface area contributed by atoms with Crippen molar-refractivity contribution in [3.63, 3.8) is 0 Å². The van der Waals surface area contributed by atoms with Gasteiger partial charge in [-0.3, -0.25) is 0 Å². The molecule has 3 heteroatoms. The van der Waals surface area contributed by atoms with Crippen LogP contribution in [0.1, 0.15) is 6.92 Å². The van der Waals surface area contributed by atoms with Crippen molar-refractivity contribution in [2.45, 2.75) is 6.92 Å². The Labute approximate surface area is 72.8 Å². The van der Waals surface area contributed by atoms with Gasteiger partial charge in [-0.2, -0.15) is 0 Å². The summed E-state index contributed by atoms with van der Waals surface area (Å²) in [5, 5.41) is 1.95. The minimum absolute atomic E-state index is 0.963. The summed E-state index contributed by atoms with van der Waals surface area (Å²) in [6.07, 6.45) is 4.38. The SMILES string of the molecule is C=CC=C=CS(=O)(=O)C=C=CC. The van der Waals surface area contributed by atoms with Crippen LogP contribution in [0.15, 0.2) is 47.1 Å². The third-order valence-electron chi connectivity index (χ3n) is 0.845. The standard InChI is InChI=1S/C9H10O2S/c1-3-5-7-9-12(10,11)8-6-4-2/h3-5,8-9H,1H2,2H3. The predicted molar refractivity (Wildman–Crippen MR) is 50.1 cm³/mol. The van der Waals surface area contributed by atoms with Crippen LogP contribution in [0.4, 0.5) is 0 Å². The summed E-state index contributed by atoms with van der Waals surface area (Å²) < 4.78 is 21.9. The van der Waals surface area contributed by atoms with Crippen molar-refractivity contribution in [3.8, 4) is 0 Å². The molecule has 0 aliphatic heterocycles. The highest BCUT2D eigenvalue weighted by Gasteiger charge is 1.95. The fraction of sp³-hybridized carbons (Fsp3) is 0.111. The summed E-state index contributed by atoms with van der Waals surface area (Å²) >= 11 is 0. The van der Waals surface area contributed by atoms with Crippen LogP contribution in [0.2, 0.25) is 0 Å². The van der Waals surface area contributed by atoms with E-state index in [-0.39, 0.29) is 0 Å². The van der Waals surface area contributed by atoms with E-state index in [2.05, 4.69) is 18.0 Å². The monoisotopic (exact) mass is 182 g/mol. The smallest absolute Gasteiger partial charge is 0.207 e. The quantitative estimate of drug-likeness (QED) is 0.494. The molecule has 0 saturated heterocycles. The molecule has 64 valence electrons. The molecule has 0 N–H and O–H groups in total. The second kappa shape index (κ2) is 5.39. The Morgan fingerprint density at radius 1 is 1.25 bits per heavy atom. The Morgan fingerprint density at radius 2 is 1.83 bits per heavy atom. The molecular weight excluding hydrogens is 172 g/mol. The topological polar surface area (TPSA) is 34.1 Å². The van der Waals surface area contributed by atoms with Gasteiger partial charge in [-0.05, 0) is 19.1 Å². The summed E-state index contributed by atoms with van der Waals surface area (Å²) in [5.74, 6) is 0. The Morgan fingerprint density at radius 3 is 2.33 bits per heavy atom. The van der Waals surface area contributed by atoms with Crippen molar-refractivity contribution in [3.05, 3.63) is 47.1 Å². The van der Waals surface area contributed by atoms with E-state index >= 15 is 0 Å². The molecule has 12 heavy (non-hydrogen) atoms. The van der Waals surface area contributed by atoms with Gasteiger partial charge < -0.3 is 0 Å². The Bertz CT molecular complexity index is 359. The largest absolute Gasteiger partial charge is 0.218 e. The van der Waals surface area contributed by atoms with E-state index in [1.54, 1.807) is 6.92 Å². The third kappa shape index (κ3) is 5.51. The van der Waals surface area contributed by atoms with Crippen LogP contribution in [-0.2, 0) is 9.84 Å². The van der Waals surface area contributed by atoms with Crippen molar-refractivity contribution in [1.82, 2.24) is 0 Å². The number of hydrogen-bond acceptors (Lipinski definition) is 2. The van der Waals surface area contributed by atoms with E-state index in [1.807, 2.05) is 0 Å². The molecule has 0 spiro atoms. The Balaban J connectivity index is 4.79. The van der Waals surface area contributed by atoms with Crippen LogP contribution in [-0.4, -0.2) is 8.42 Å². The second-order valence-electron chi connectivity index (χ2n) is 1.85. The lowest BCUT2D eigenvalue weighted by Crippen LogP contribution is -1.84. The molecule has 0 amide bonds. The fourth-order valence-electron chi connectivity index (χ4n) is 0.399. The highest BCUT2D eigenvalue weighted by atomic mass is 32.2. The molecule has 0 atom stereocenters. The lowest BCUT2D eigenvalue weighted by atomic mass is 10.6. The van der Waals surface area contributed by atoms with E-state index in [0.29, 0.717) is 0 Å². The Hall–Kier alpha value is -1.27. The maximum atomic E-state index is 11.0. The predicted octanol–water partition coefficient (Wildman–Crippen LogP) is 1.94. The maximum Gasteiger partial charge on any atom is 0.207 e. The van der Waals surface area contributed by atoms with Gasteiger partial charge in [0.25, 0.3) is 0 Å². The van der Waals surface area contributed by atoms with Crippen LogP contribution in [0.5, 0.6) is 0 Å². The average Bonchev–Trinajstić information content (AvgIpc) is 2.01. The zero-order chi connectivity index (χ0) is 9.45. The number of rotatable bonds is 3. The molecule has 0 aromatic heterocycles. The van der Waals surface area contributed by atoms with Gasteiger partial charge in [-0.1, -0.05) is 12.7 Å². The van der Waals surface area contributed by atoms with Gasteiger partial charge in [-0.15, -0.1) is 11.5 Å². The maximum absolute atomic E-state index is 11.0. The van der Waals surface area contributed by atoms with E-state index in [4.69, 9.17) is 0 Å². The lowest BCUT2D eigenvalue weighted by Gasteiger charge is -1.79. The first-order valence-corrected chi connectivity index (χ1v) is 4.89. The number of allylic oxidation sites excluding steroid dienone is 3. The van der Waals surface area contributed by atoms with Crippen molar-refractivity contribution < 1.29 is 8.42 Å². The van der Waals surface area contributed by atoms with Crippen molar-refractivity contribution in [1.29, 1.82) is 0 Å². The van der Waals surface area contributed by atoms with Crippen LogP contribution in [0.25, 0.3) is 0 Å². The van der Waals surface area contributed by atoms with Crippen molar-refractivity contribution in [2.24, 2.45) is 0 Å². The summed E-state index contributed by atoms with van der Waals surface area (Å²) in [6.45, 7) is 5.07. The molecule has 0 bridgehead atoms. The molecule has 2 nitrogen and oxygen atoms in total. The van der Waals surface area contributed by atoms with E-state index in [9.17, 15) is 8.42 Å². The van der Waals surface area contributed by atoms with Gasteiger partial charge in [0.15, 0.2) is 0 Å². The van der Waals surface area contributed by atoms with E-state index in [1.165, 1.54) is 18.2 Å². The third-order valence-corrected chi connectivity index (χ3v) is 1.77. The fourth-order valence-corrected chi connectivity index (χ4v) is 1.06. The normalized spacial score (nSPS) is 8.75. The first kappa shape index (κ1) is 10.7. The second-order valence-corrected chi connectivity index (χ2v) is 3.50. The van der Waals surface area contributed by atoms with Crippen LogP contribution in [0, 0.1) is 0 Å². The highest BCUT2D eigenvalue weighted by Crippen LogP contribution is 1.91. The number of hydrogen-bond donors (Lipinski definition) is 0. The minimum atomic E-state index is -3.30. The van der Waals surface area contributed by atoms with E-state index < -0.39 is 9.84 Å². The molecule has 0 heterocycles.